The smallest absolute Gasteiger partial charge is 0.417 e. The fourth-order valence-corrected chi connectivity index (χ4v) is 4.45. The molecule has 0 spiro atoms. The molecule has 2 aromatic rings. The molecule has 1 aromatic carbocycles. The van der Waals surface area contributed by atoms with E-state index in [1.165, 1.54) is 34.6 Å². The van der Waals surface area contributed by atoms with Crippen LogP contribution in [0.1, 0.15) is 22.8 Å². The lowest BCUT2D eigenvalue weighted by molar-refractivity contribution is -0.137. The molecule has 1 fully saturated rings. The zero-order chi connectivity index (χ0) is 21.9. The van der Waals surface area contributed by atoms with Crippen molar-refractivity contribution in [2.75, 3.05) is 37.7 Å². The third-order valence-corrected chi connectivity index (χ3v) is 6.55. The normalized spacial score (nSPS) is 15.8. The van der Waals surface area contributed by atoms with E-state index < -0.39 is 27.7 Å². The summed E-state index contributed by atoms with van der Waals surface area (Å²) in [6.07, 6.45) is -3.69. The van der Waals surface area contributed by atoms with Crippen LogP contribution in [0.3, 0.4) is 0 Å². The zero-order valence-electron chi connectivity index (χ0n) is 16.1. The Bertz CT molecular complexity index is 985. The molecule has 0 aliphatic carbocycles. The molecule has 1 aromatic heterocycles. The number of hydrogen-bond acceptors (Lipinski definition) is 6. The molecule has 0 bridgehead atoms. The monoisotopic (exact) mass is 443 g/mol. The van der Waals surface area contributed by atoms with E-state index in [9.17, 15) is 26.4 Å². The minimum Gasteiger partial charge on any atom is -0.462 e. The first-order valence-electron chi connectivity index (χ1n) is 9.18. The van der Waals surface area contributed by atoms with Crippen molar-refractivity contribution in [3.05, 3.63) is 53.7 Å². The Balaban J connectivity index is 1.65. The van der Waals surface area contributed by atoms with E-state index in [0.29, 0.717) is 18.9 Å². The number of hydrogen-bond donors (Lipinski definition) is 0. The molecular formula is C19H20F3N3O4S. The number of anilines is 1. The summed E-state index contributed by atoms with van der Waals surface area (Å²) in [4.78, 5) is 17.3. The van der Waals surface area contributed by atoms with Crippen molar-refractivity contribution in [3.8, 4) is 0 Å². The van der Waals surface area contributed by atoms with E-state index in [0.717, 1.165) is 12.3 Å². The van der Waals surface area contributed by atoms with E-state index in [-0.39, 0.29) is 30.2 Å². The van der Waals surface area contributed by atoms with Gasteiger partial charge in [0, 0.05) is 32.4 Å². The lowest BCUT2D eigenvalue weighted by Gasteiger charge is -2.34. The largest absolute Gasteiger partial charge is 0.462 e. The summed E-state index contributed by atoms with van der Waals surface area (Å²) < 4.78 is 69.8. The third-order valence-electron chi connectivity index (χ3n) is 4.64. The number of alkyl halides is 3. The Morgan fingerprint density at radius 2 is 1.70 bits per heavy atom. The predicted molar refractivity (Wildman–Crippen MR) is 103 cm³/mol. The molecule has 11 heteroatoms. The summed E-state index contributed by atoms with van der Waals surface area (Å²) in [5, 5.41) is 0. The Morgan fingerprint density at radius 1 is 1.07 bits per heavy atom. The maximum absolute atomic E-state index is 12.8. The quantitative estimate of drug-likeness (QED) is 0.662. The minimum atomic E-state index is -4.46. The van der Waals surface area contributed by atoms with Crippen molar-refractivity contribution in [1.82, 2.24) is 9.29 Å². The molecule has 0 saturated carbocycles. The van der Waals surface area contributed by atoms with Crippen LogP contribution < -0.4 is 4.90 Å². The van der Waals surface area contributed by atoms with Gasteiger partial charge in [-0.3, -0.25) is 0 Å². The summed E-state index contributed by atoms with van der Waals surface area (Å²) in [5.41, 5.74) is -0.576. The summed E-state index contributed by atoms with van der Waals surface area (Å²) in [6, 6.07) is 7.73. The van der Waals surface area contributed by atoms with E-state index >= 15 is 0 Å². The first kappa shape index (κ1) is 22.0. The van der Waals surface area contributed by atoms with Gasteiger partial charge >= 0.3 is 12.1 Å². The minimum absolute atomic E-state index is 0.0525. The number of pyridine rings is 1. The van der Waals surface area contributed by atoms with Crippen molar-refractivity contribution >= 4 is 21.8 Å². The van der Waals surface area contributed by atoms with Crippen LogP contribution in [0, 0.1) is 0 Å². The molecule has 0 N–H and O–H groups in total. The number of rotatable bonds is 5. The Morgan fingerprint density at radius 3 is 2.20 bits per heavy atom. The lowest BCUT2D eigenvalue weighted by atomic mass is 10.2. The van der Waals surface area contributed by atoms with Crippen molar-refractivity contribution in [2.45, 2.75) is 18.0 Å². The van der Waals surface area contributed by atoms with E-state index in [2.05, 4.69) is 4.98 Å². The van der Waals surface area contributed by atoms with Gasteiger partial charge in [0.1, 0.15) is 5.82 Å². The molecular weight excluding hydrogens is 423 g/mol. The van der Waals surface area contributed by atoms with Gasteiger partial charge in [0.2, 0.25) is 10.0 Å². The lowest BCUT2D eigenvalue weighted by Crippen LogP contribution is -2.48. The highest BCUT2D eigenvalue weighted by Crippen LogP contribution is 2.29. The summed E-state index contributed by atoms with van der Waals surface area (Å²) in [7, 11) is -3.76. The van der Waals surface area contributed by atoms with Gasteiger partial charge in [0.15, 0.2) is 0 Å². The Hall–Kier alpha value is -2.66. The van der Waals surface area contributed by atoms with E-state index in [1.54, 1.807) is 11.8 Å². The number of carbonyl (C=O) groups is 1. The average molecular weight is 443 g/mol. The zero-order valence-corrected chi connectivity index (χ0v) is 16.9. The van der Waals surface area contributed by atoms with Crippen LogP contribution in [0.25, 0.3) is 0 Å². The summed E-state index contributed by atoms with van der Waals surface area (Å²) >= 11 is 0. The number of nitrogens with zero attached hydrogens (tertiary/aromatic N) is 3. The Labute approximate surface area is 172 Å². The molecule has 2 heterocycles. The average Bonchev–Trinajstić information content (AvgIpc) is 2.73. The molecule has 0 unspecified atom stereocenters. The molecule has 30 heavy (non-hydrogen) atoms. The van der Waals surface area contributed by atoms with Crippen LogP contribution in [0.5, 0.6) is 0 Å². The first-order chi connectivity index (χ1) is 14.1. The molecule has 7 nitrogen and oxygen atoms in total. The van der Waals surface area contributed by atoms with Gasteiger partial charge < -0.3 is 9.64 Å². The molecule has 1 saturated heterocycles. The number of ether oxygens (including phenoxy) is 1. The fourth-order valence-electron chi connectivity index (χ4n) is 3.02. The van der Waals surface area contributed by atoms with Crippen molar-refractivity contribution in [3.63, 3.8) is 0 Å². The SMILES string of the molecule is CCOC(=O)c1ccc(S(=O)(=O)N2CCN(c3ccc(C(F)(F)F)cn3)CC2)cc1. The van der Waals surface area contributed by atoms with Crippen LogP contribution in [0.4, 0.5) is 19.0 Å². The molecule has 162 valence electrons. The molecule has 3 rings (SSSR count). The van der Waals surface area contributed by atoms with E-state index in [1.807, 2.05) is 0 Å². The summed E-state index contributed by atoms with van der Waals surface area (Å²) in [6.45, 7) is 2.79. The van der Waals surface area contributed by atoms with Gasteiger partial charge in [-0.15, -0.1) is 0 Å². The Kier molecular flexibility index (Phi) is 6.32. The topological polar surface area (TPSA) is 79.8 Å². The number of benzene rings is 1. The second kappa shape index (κ2) is 8.60. The maximum atomic E-state index is 12.8. The molecule has 0 amide bonds. The molecule has 0 radical (unpaired) electrons. The van der Waals surface area contributed by atoms with Crippen molar-refractivity contribution in [2.24, 2.45) is 0 Å². The number of halogens is 3. The van der Waals surface area contributed by atoms with Crippen LogP contribution >= 0.6 is 0 Å². The van der Waals surface area contributed by atoms with Gasteiger partial charge in [0.25, 0.3) is 0 Å². The summed E-state index contributed by atoms with van der Waals surface area (Å²) in [5.74, 6) is -0.169. The van der Waals surface area contributed by atoms with Gasteiger partial charge in [0.05, 0.1) is 22.6 Å². The third kappa shape index (κ3) is 4.73. The molecule has 0 atom stereocenters. The fraction of sp³-hybridized carbons (Fsp3) is 0.368. The number of aromatic nitrogens is 1. The number of piperazine rings is 1. The second-order valence-electron chi connectivity index (χ2n) is 6.54. The van der Waals surface area contributed by atoms with Crippen LogP contribution in [-0.4, -0.2) is 56.5 Å². The van der Waals surface area contributed by atoms with E-state index in [4.69, 9.17) is 4.74 Å². The van der Waals surface area contributed by atoms with Crippen LogP contribution in [0.15, 0.2) is 47.5 Å². The van der Waals surface area contributed by atoms with Crippen LogP contribution in [-0.2, 0) is 20.9 Å². The van der Waals surface area contributed by atoms with Crippen molar-refractivity contribution < 1.29 is 31.1 Å². The van der Waals surface area contributed by atoms with Crippen LogP contribution in [0.2, 0.25) is 0 Å². The van der Waals surface area contributed by atoms with Gasteiger partial charge in [-0.05, 0) is 43.3 Å². The second-order valence-corrected chi connectivity index (χ2v) is 8.48. The number of esters is 1. The highest BCUT2D eigenvalue weighted by molar-refractivity contribution is 7.89. The van der Waals surface area contributed by atoms with Crippen molar-refractivity contribution in [1.29, 1.82) is 0 Å². The molecule has 1 aliphatic rings. The first-order valence-corrected chi connectivity index (χ1v) is 10.6. The van der Waals surface area contributed by atoms with Gasteiger partial charge in [-0.2, -0.15) is 17.5 Å². The number of carbonyl (C=O) groups excluding carboxylic acids is 1. The number of sulfonamides is 1. The highest BCUT2D eigenvalue weighted by Gasteiger charge is 2.32. The predicted octanol–water partition coefficient (Wildman–Crippen LogP) is 2.79. The van der Waals surface area contributed by atoms with Gasteiger partial charge in [-0.25, -0.2) is 18.2 Å². The molecule has 1 aliphatic heterocycles. The maximum Gasteiger partial charge on any atom is 0.417 e. The van der Waals surface area contributed by atoms with Gasteiger partial charge in [-0.1, -0.05) is 0 Å². The highest BCUT2D eigenvalue weighted by atomic mass is 32.2. The standard InChI is InChI=1S/C19H20F3N3O4S/c1-2-29-18(26)14-3-6-16(7-4-14)30(27,28)25-11-9-24(10-12-25)17-8-5-15(13-23-17)19(20,21)22/h3-8,13H,2,9-12H2,1H3.